The van der Waals surface area contributed by atoms with Gasteiger partial charge in [0.1, 0.15) is 0 Å². The molecular formula is C22H34N4O2. The highest BCUT2D eigenvalue weighted by molar-refractivity contribution is 5.94. The standard InChI is InChI=1S/C22H34N4O2/c1-19-7-5-6-13-24(19)17-18-26(22(28)20-8-3-2-4-9-20)14-10-21(27)25-15-11-23-12-16-25/h2-4,8-9,19,23H,5-7,10-18H2,1H3/t19-/m0/s1. The van der Waals surface area contributed by atoms with Crippen LogP contribution in [0.15, 0.2) is 30.3 Å². The van der Waals surface area contributed by atoms with Crippen LogP contribution in [0.25, 0.3) is 0 Å². The summed E-state index contributed by atoms with van der Waals surface area (Å²) in [6.07, 6.45) is 4.16. The van der Waals surface area contributed by atoms with E-state index in [0.717, 1.165) is 39.3 Å². The molecule has 1 aromatic carbocycles. The van der Waals surface area contributed by atoms with Gasteiger partial charge in [-0.15, -0.1) is 0 Å². The van der Waals surface area contributed by atoms with E-state index in [1.54, 1.807) is 0 Å². The minimum Gasteiger partial charge on any atom is -0.340 e. The molecule has 1 atom stereocenters. The van der Waals surface area contributed by atoms with Crippen LogP contribution in [0.1, 0.15) is 43.0 Å². The molecule has 2 aliphatic heterocycles. The van der Waals surface area contributed by atoms with Crippen LogP contribution < -0.4 is 5.32 Å². The summed E-state index contributed by atoms with van der Waals surface area (Å²) in [5, 5.41) is 3.27. The van der Waals surface area contributed by atoms with E-state index >= 15 is 0 Å². The second-order valence-corrected chi connectivity index (χ2v) is 7.92. The molecule has 2 fully saturated rings. The zero-order chi connectivity index (χ0) is 19.8. The van der Waals surface area contributed by atoms with Crippen LogP contribution in [-0.2, 0) is 4.79 Å². The summed E-state index contributed by atoms with van der Waals surface area (Å²) < 4.78 is 0. The molecule has 6 nitrogen and oxygen atoms in total. The summed E-state index contributed by atoms with van der Waals surface area (Å²) in [6.45, 7) is 8.64. The Hall–Kier alpha value is -1.92. The highest BCUT2D eigenvalue weighted by Gasteiger charge is 2.23. The van der Waals surface area contributed by atoms with Crippen molar-refractivity contribution in [3.8, 4) is 0 Å². The first-order chi connectivity index (χ1) is 13.6. The first-order valence-corrected chi connectivity index (χ1v) is 10.7. The number of carbonyl (C=O) groups is 2. The average Bonchev–Trinajstić information content (AvgIpc) is 2.75. The molecule has 1 N–H and O–H groups in total. The van der Waals surface area contributed by atoms with Crippen LogP contribution in [0, 0.1) is 0 Å². The lowest BCUT2D eigenvalue weighted by atomic mass is 10.0. The van der Waals surface area contributed by atoms with Gasteiger partial charge in [-0.05, 0) is 38.4 Å². The minimum atomic E-state index is 0.0263. The summed E-state index contributed by atoms with van der Waals surface area (Å²) in [7, 11) is 0. The fraction of sp³-hybridized carbons (Fsp3) is 0.636. The van der Waals surface area contributed by atoms with Crippen molar-refractivity contribution < 1.29 is 9.59 Å². The molecule has 0 aliphatic carbocycles. The summed E-state index contributed by atoms with van der Waals surface area (Å²) in [5.74, 6) is 0.178. The van der Waals surface area contributed by atoms with E-state index in [0.29, 0.717) is 31.1 Å². The molecule has 3 rings (SSSR count). The van der Waals surface area contributed by atoms with E-state index in [-0.39, 0.29) is 11.8 Å². The van der Waals surface area contributed by atoms with Crippen molar-refractivity contribution in [1.29, 1.82) is 0 Å². The van der Waals surface area contributed by atoms with Crippen molar-refractivity contribution in [1.82, 2.24) is 20.0 Å². The maximum absolute atomic E-state index is 13.1. The largest absolute Gasteiger partial charge is 0.340 e. The average molecular weight is 387 g/mol. The first-order valence-electron chi connectivity index (χ1n) is 10.7. The van der Waals surface area contributed by atoms with Gasteiger partial charge >= 0.3 is 0 Å². The Morgan fingerprint density at radius 1 is 1.07 bits per heavy atom. The normalized spacial score (nSPS) is 20.8. The Kier molecular flexibility index (Phi) is 7.86. The highest BCUT2D eigenvalue weighted by atomic mass is 16.2. The van der Waals surface area contributed by atoms with Gasteiger partial charge < -0.3 is 15.1 Å². The van der Waals surface area contributed by atoms with Crippen molar-refractivity contribution in [2.24, 2.45) is 0 Å². The van der Waals surface area contributed by atoms with Gasteiger partial charge in [0, 0.05) is 63.8 Å². The van der Waals surface area contributed by atoms with Gasteiger partial charge in [0.2, 0.25) is 5.91 Å². The molecule has 0 bridgehead atoms. The molecule has 28 heavy (non-hydrogen) atoms. The predicted molar refractivity (Wildman–Crippen MR) is 111 cm³/mol. The van der Waals surface area contributed by atoms with Gasteiger partial charge in [-0.25, -0.2) is 0 Å². The molecule has 2 heterocycles. The zero-order valence-corrected chi connectivity index (χ0v) is 17.1. The topological polar surface area (TPSA) is 55.9 Å². The van der Waals surface area contributed by atoms with Crippen molar-refractivity contribution >= 4 is 11.8 Å². The van der Waals surface area contributed by atoms with E-state index in [1.165, 1.54) is 19.3 Å². The number of nitrogens with zero attached hydrogens (tertiary/aromatic N) is 3. The predicted octanol–water partition coefficient (Wildman–Crippen LogP) is 1.83. The Morgan fingerprint density at radius 3 is 2.54 bits per heavy atom. The second-order valence-electron chi connectivity index (χ2n) is 7.92. The lowest BCUT2D eigenvalue weighted by Crippen LogP contribution is -2.48. The third kappa shape index (κ3) is 5.79. The second kappa shape index (κ2) is 10.6. The number of carbonyl (C=O) groups excluding carboxylic acids is 2. The molecule has 154 valence electrons. The van der Waals surface area contributed by atoms with Crippen LogP contribution in [-0.4, -0.2) is 84.9 Å². The molecule has 2 amide bonds. The van der Waals surface area contributed by atoms with Crippen LogP contribution in [0.4, 0.5) is 0 Å². The number of rotatable bonds is 7. The first kappa shape index (κ1) is 20.8. The number of nitrogens with one attached hydrogen (secondary N) is 1. The van der Waals surface area contributed by atoms with Crippen molar-refractivity contribution in [2.75, 3.05) is 52.4 Å². The van der Waals surface area contributed by atoms with E-state index in [2.05, 4.69) is 17.1 Å². The van der Waals surface area contributed by atoms with Crippen LogP contribution >= 0.6 is 0 Å². The van der Waals surface area contributed by atoms with Crippen molar-refractivity contribution in [3.05, 3.63) is 35.9 Å². The Labute approximate surface area is 168 Å². The number of hydrogen-bond acceptors (Lipinski definition) is 4. The number of likely N-dealkylation sites (tertiary alicyclic amines) is 1. The lowest BCUT2D eigenvalue weighted by molar-refractivity contribution is -0.131. The molecular weight excluding hydrogens is 352 g/mol. The number of piperidine rings is 1. The molecule has 0 spiro atoms. The summed E-state index contributed by atoms with van der Waals surface area (Å²) in [6, 6.07) is 10.00. The van der Waals surface area contributed by atoms with Crippen LogP contribution in [0.5, 0.6) is 0 Å². The summed E-state index contributed by atoms with van der Waals surface area (Å²) in [4.78, 5) is 31.9. The molecule has 1 aromatic rings. The Bertz CT molecular complexity index is 631. The van der Waals surface area contributed by atoms with Gasteiger partial charge in [-0.3, -0.25) is 14.5 Å². The molecule has 6 heteroatoms. The molecule has 2 saturated heterocycles. The van der Waals surface area contributed by atoms with E-state index < -0.39 is 0 Å². The molecule has 2 aliphatic rings. The molecule has 0 unspecified atom stereocenters. The number of amides is 2. The molecule has 0 radical (unpaired) electrons. The number of piperazine rings is 1. The fourth-order valence-electron chi connectivity index (χ4n) is 4.12. The highest BCUT2D eigenvalue weighted by Crippen LogP contribution is 2.16. The Morgan fingerprint density at radius 2 is 1.82 bits per heavy atom. The maximum atomic E-state index is 13.1. The number of hydrogen-bond donors (Lipinski definition) is 1. The van der Waals surface area contributed by atoms with Crippen LogP contribution in [0.2, 0.25) is 0 Å². The zero-order valence-electron chi connectivity index (χ0n) is 17.1. The SMILES string of the molecule is C[C@H]1CCCCN1CCN(CCC(=O)N1CCNCC1)C(=O)c1ccccc1. The summed E-state index contributed by atoms with van der Waals surface area (Å²) in [5.41, 5.74) is 0.698. The van der Waals surface area contributed by atoms with Gasteiger partial charge in [0.15, 0.2) is 0 Å². The van der Waals surface area contributed by atoms with Crippen molar-refractivity contribution in [3.63, 3.8) is 0 Å². The van der Waals surface area contributed by atoms with Crippen LogP contribution in [0.3, 0.4) is 0 Å². The van der Waals surface area contributed by atoms with Gasteiger partial charge in [-0.1, -0.05) is 24.6 Å². The maximum Gasteiger partial charge on any atom is 0.253 e. The third-order valence-corrected chi connectivity index (χ3v) is 5.97. The summed E-state index contributed by atoms with van der Waals surface area (Å²) >= 11 is 0. The smallest absolute Gasteiger partial charge is 0.253 e. The van der Waals surface area contributed by atoms with E-state index in [4.69, 9.17) is 0 Å². The van der Waals surface area contributed by atoms with E-state index in [1.807, 2.05) is 40.1 Å². The molecule has 0 aromatic heterocycles. The lowest BCUT2D eigenvalue weighted by Gasteiger charge is -2.35. The van der Waals surface area contributed by atoms with Gasteiger partial charge in [0.25, 0.3) is 5.91 Å². The minimum absolute atomic E-state index is 0.0263. The Balaban J connectivity index is 1.60. The fourth-order valence-corrected chi connectivity index (χ4v) is 4.12. The third-order valence-electron chi connectivity index (χ3n) is 5.97. The molecule has 0 saturated carbocycles. The monoisotopic (exact) mass is 386 g/mol. The van der Waals surface area contributed by atoms with Gasteiger partial charge in [0.05, 0.1) is 0 Å². The van der Waals surface area contributed by atoms with Gasteiger partial charge in [-0.2, -0.15) is 0 Å². The number of benzene rings is 1. The van der Waals surface area contributed by atoms with E-state index in [9.17, 15) is 9.59 Å². The van der Waals surface area contributed by atoms with Crippen molar-refractivity contribution in [2.45, 2.75) is 38.6 Å². The quantitative estimate of drug-likeness (QED) is 0.777.